The summed E-state index contributed by atoms with van der Waals surface area (Å²) in [5.74, 6) is 0.675. The largest absolute Gasteiger partial charge is 0.491 e. The summed E-state index contributed by atoms with van der Waals surface area (Å²) in [6, 6.07) is 11.3. The Labute approximate surface area is 125 Å². The molecule has 110 valence electrons. The fraction of sp³-hybridized carbons (Fsp3) is 0.294. The van der Waals surface area contributed by atoms with Crippen LogP contribution in [-0.4, -0.2) is 35.9 Å². The zero-order valence-electron chi connectivity index (χ0n) is 12.5. The minimum absolute atomic E-state index is 0.0225. The number of aromatic nitrogens is 1. The van der Waals surface area contributed by atoms with Crippen LogP contribution in [0.2, 0.25) is 0 Å². The molecule has 0 spiro atoms. The van der Waals surface area contributed by atoms with E-state index >= 15 is 0 Å². The molecule has 1 heterocycles. The van der Waals surface area contributed by atoms with Crippen LogP contribution in [0.25, 0.3) is 0 Å². The quantitative estimate of drug-likeness (QED) is 0.733. The van der Waals surface area contributed by atoms with Crippen LogP contribution in [0.1, 0.15) is 22.8 Å². The summed E-state index contributed by atoms with van der Waals surface area (Å²) in [6.07, 6.45) is 3.63. The van der Waals surface area contributed by atoms with Gasteiger partial charge in [-0.15, -0.1) is 0 Å². The molecular weight excluding hydrogens is 264 g/mol. The lowest BCUT2D eigenvalue weighted by Crippen LogP contribution is -2.24. The Hall–Kier alpha value is -2.20. The van der Waals surface area contributed by atoms with Gasteiger partial charge in [0.1, 0.15) is 12.4 Å². The van der Waals surface area contributed by atoms with Crippen molar-refractivity contribution >= 4 is 5.78 Å². The van der Waals surface area contributed by atoms with Crippen molar-refractivity contribution in [2.75, 3.05) is 20.2 Å². The molecule has 0 saturated carbocycles. The second-order valence-electron chi connectivity index (χ2n) is 5.00. The van der Waals surface area contributed by atoms with Gasteiger partial charge >= 0.3 is 0 Å². The van der Waals surface area contributed by atoms with Crippen LogP contribution in [0.15, 0.2) is 48.8 Å². The summed E-state index contributed by atoms with van der Waals surface area (Å²) in [6.45, 7) is 3.70. The number of pyridine rings is 1. The highest BCUT2D eigenvalue weighted by molar-refractivity contribution is 5.96. The van der Waals surface area contributed by atoms with Crippen molar-refractivity contribution in [2.24, 2.45) is 0 Å². The van der Waals surface area contributed by atoms with Crippen molar-refractivity contribution in [3.63, 3.8) is 0 Å². The number of para-hydroxylation sites is 1. The summed E-state index contributed by atoms with van der Waals surface area (Å²) in [5.41, 5.74) is 1.80. The summed E-state index contributed by atoms with van der Waals surface area (Å²) in [4.78, 5) is 17.8. The summed E-state index contributed by atoms with van der Waals surface area (Å²) in [5, 5.41) is 0. The Balaban J connectivity index is 1.83. The van der Waals surface area contributed by atoms with Crippen LogP contribution in [0.3, 0.4) is 0 Å². The summed E-state index contributed by atoms with van der Waals surface area (Å²) < 4.78 is 5.73. The van der Waals surface area contributed by atoms with Gasteiger partial charge in [-0.25, -0.2) is 0 Å². The number of benzene rings is 1. The first-order valence-corrected chi connectivity index (χ1v) is 6.97. The Bertz CT molecular complexity index is 584. The van der Waals surface area contributed by atoms with Crippen LogP contribution in [0.5, 0.6) is 5.75 Å². The minimum atomic E-state index is 0.0225. The second-order valence-corrected chi connectivity index (χ2v) is 5.00. The first-order chi connectivity index (χ1) is 10.2. The highest BCUT2D eigenvalue weighted by Crippen LogP contribution is 2.18. The molecule has 1 aromatic carbocycles. The number of Topliss-reactive ketones (excluding diaryl/α,β-unsaturated/α-hetero) is 1. The average molecular weight is 284 g/mol. The molecule has 0 N–H and O–H groups in total. The van der Waals surface area contributed by atoms with Crippen molar-refractivity contribution in [3.8, 4) is 5.75 Å². The lowest BCUT2D eigenvalue weighted by molar-refractivity contribution is 0.101. The Morgan fingerprint density at radius 3 is 2.76 bits per heavy atom. The molecule has 0 unspecified atom stereocenters. The lowest BCUT2D eigenvalue weighted by atomic mass is 10.1. The Morgan fingerprint density at radius 1 is 1.24 bits per heavy atom. The number of ether oxygens (including phenoxy) is 1. The molecule has 1 aromatic heterocycles. The van der Waals surface area contributed by atoms with Gasteiger partial charge in [-0.2, -0.15) is 0 Å². The molecule has 0 amide bonds. The SMILES string of the molecule is CC(=O)c1ccccc1OCCN(C)Cc1cccnc1. The molecule has 0 fully saturated rings. The van der Waals surface area contributed by atoms with E-state index in [-0.39, 0.29) is 5.78 Å². The lowest BCUT2D eigenvalue weighted by Gasteiger charge is -2.17. The molecule has 0 saturated heterocycles. The zero-order valence-corrected chi connectivity index (χ0v) is 12.5. The van der Waals surface area contributed by atoms with E-state index in [1.165, 1.54) is 5.56 Å². The van der Waals surface area contributed by atoms with Gasteiger partial charge in [0.25, 0.3) is 0 Å². The average Bonchev–Trinajstić information content (AvgIpc) is 2.48. The van der Waals surface area contributed by atoms with Gasteiger partial charge < -0.3 is 4.74 Å². The van der Waals surface area contributed by atoms with E-state index in [0.29, 0.717) is 17.9 Å². The zero-order chi connectivity index (χ0) is 15.1. The molecule has 4 nitrogen and oxygen atoms in total. The number of hydrogen-bond donors (Lipinski definition) is 0. The van der Waals surface area contributed by atoms with E-state index in [9.17, 15) is 4.79 Å². The first kappa shape index (κ1) is 15.2. The van der Waals surface area contributed by atoms with Crippen molar-refractivity contribution in [3.05, 3.63) is 59.9 Å². The monoisotopic (exact) mass is 284 g/mol. The number of hydrogen-bond acceptors (Lipinski definition) is 4. The third kappa shape index (κ3) is 4.68. The number of carbonyl (C=O) groups excluding carboxylic acids is 1. The van der Waals surface area contributed by atoms with Gasteiger partial charge in [-0.3, -0.25) is 14.7 Å². The maximum atomic E-state index is 11.5. The maximum absolute atomic E-state index is 11.5. The summed E-state index contributed by atoms with van der Waals surface area (Å²) >= 11 is 0. The molecule has 0 radical (unpaired) electrons. The maximum Gasteiger partial charge on any atom is 0.163 e. The van der Waals surface area contributed by atoms with E-state index in [0.717, 1.165) is 13.1 Å². The van der Waals surface area contributed by atoms with Crippen molar-refractivity contribution in [1.29, 1.82) is 0 Å². The standard InChI is InChI=1S/C17H20N2O2/c1-14(20)16-7-3-4-8-17(16)21-11-10-19(2)13-15-6-5-9-18-12-15/h3-9,12H,10-11,13H2,1-2H3. The minimum Gasteiger partial charge on any atom is -0.491 e. The van der Waals surface area contributed by atoms with E-state index in [1.54, 1.807) is 19.2 Å². The van der Waals surface area contributed by atoms with Gasteiger partial charge in [0.15, 0.2) is 5.78 Å². The predicted molar refractivity (Wildman–Crippen MR) is 82.5 cm³/mol. The molecule has 2 rings (SSSR count). The van der Waals surface area contributed by atoms with Crippen LogP contribution >= 0.6 is 0 Å². The van der Waals surface area contributed by atoms with Crippen molar-refractivity contribution in [1.82, 2.24) is 9.88 Å². The second kappa shape index (κ2) is 7.55. The molecular formula is C17H20N2O2. The topological polar surface area (TPSA) is 42.4 Å². The van der Waals surface area contributed by atoms with Crippen LogP contribution < -0.4 is 4.74 Å². The first-order valence-electron chi connectivity index (χ1n) is 6.97. The molecule has 4 heteroatoms. The van der Waals surface area contributed by atoms with Crippen LogP contribution in [0.4, 0.5) is 0 Å². The number of likely N-dealkylation sites (N-methyl/N-ethyl adjacent to an activating group) is 1. The van der Waals surface area contributed by atoms with Crippen molar-refractivity contribution < 1.29 is 9.53 Å². The molecule has 21 heavy (non-hydrogen) atoms. The van der Waals surface area contributed by atoms with Gasteiger partial charge in [0, 0.05) is 25.5 Å². The van der Waals surface area contributed by atoms with Crippen molar-refractivity contribution in [2.45, 2.75) is 13.5 Å². The number of rotatable bonds is 7. The smallest absolute Gasteiger partial charge is 0.163 e. The van der Waals surface area contributed by atoms with Crippen LogP contribution in [0, 0.1) is 0 Å². The molecule has 0 aliphatic rings. The fourth-order valence-electron chi connectivity index (χ4n) is 2.08. The molecule has 0 atom stereocenters. The van der Waals surface area contributed by atoms with Gasteiger partial charge in [-0.05, 0) is 37.7 Å². The fourth-order valence-corrected chi connectivity index (χ4v) is 2.08. The van der Waals surface area contributed by atoms with Gasteiger partial charge in [0.2, 0.25) is 0 Å². The van der Waals surface area contributed by atoms with E-state index in [2.05, 4.69) is 16.0 Å². The molecule has 0 aliphatic carbocycles. The number of carbonyl (C=O) groups is 1. The Morgan fingerprint density at radius 2 is 2.05 bits per heavy atom. The van der Waals surface area contributed by atoms with E-state index < -0.39 is 0 Å². The molecule has 0 bridgehead atoms. The molecule has 2 aromatic rings. The normalized spacial score (nSPS) is 10.6. The number of nitrogens with zero attached hydrogens (tertiary/aromatic N) is 2. The van der Waals surface area contributed by atoms with Crippen LogP contribution in [-0.2, 0) is 6.54 Å². The highest BCUT2D eigenvalue weighted by Gasteiger charge is 2.07. The van der Waals surface area contributed by atoms with Gasteiger partial charge in [-0.1, -0.05) is 18.2 Å². The molecule has 0 aliphatic heterocycles. The van der Waals surface area contributed by atoms with Gasteiger partial charge in [0.05, 0.1) is 5.56 Å². The number of ketones is 1. The van der Waals surface area contributed by atoms with E-state index in [1.807, 2.05) is 37.5 Å². The Kier molecular flexibility index (Phi) is 5.46. The third-order valence-electron chi connectivity index (χ3n) is 3.17. The highest BCUT2D eigenvalue weighted by atomic mass is 16.5. The van der Waals surface area contributed by atoms with E-state index in [4.69, 9.17) is 4.74 Å². The predicted octanol–water partition coefficient (Wildman–Crippen LogP) is 2.80. The summed E-state index contributed by atoms with van der Waals surface area (Å²) in [7, 11) is 2.03. The third-order valence-corrected chi connectivity index (χ3v) is 3.17.